The largest absolute Gasteiger partial charge is 0.314 e. The third kappa shape index (κ3) is 2.41. The van der Waals surface area contributed by atoms with E-state index in [1.54, 1.807) is 4.31 Å². The number of nitrogens with one attached hydrogen (secondary N) is 1. The summed E-state index contributed by atoms with van der Waals surface area (Å²) in [7, 11) is -3.07. The molecule has 1 N–H and O–H groups in total. The van der Waals surface area contributed by atoms with Crippen LogP contribution in [0.1, 0.15) is 39.0 Å². The van der Waals surface area contributed by atoms with Gasteiger partial charge >= 0.3 is 0 Å². The highest BCUT2D eigenvalue weighted by molar-refractivity contribution is 7.89. The Labute approximate surface area is 98.4 Å². The highest BCUT2D eigenvalue weighted by atomic mass is 32.2. The molecule has 1 unspecified atom stereocenters. The molecule has 94 valence electrons. The normalized spacial score (nSPS) is 33.4. The van der Waals surface area contributed by atoms with Gasteiger partial charge in [-0.25, -0.2) is 8.42 Å². The molecule has 0 radical (unpaired) electrons. The van der Waals surface area contributed by atoms with Gasteiger partial charge in [0.15, 0.2) is 0 Å². The number of hydrogen-bond acceptors (Lipinski definition) is 3. The molecule has 1 saturated heterocycles. The predicted molar refractivity (Wildman–Crippen MR) is 64.8 cm³/mol. The Kier molecular flexibility index (Phi) is 3.87. The minimum atomic E-state index is -3.07. The quantitative estimate of drug-likeness (QED) is 0.749. The average molecular weight is 246 g/mol. The topological polar surface area (TPSA) is 49.4 Å². The second kappa shape index (κ2) is 5.02. The third-order valence-corrected chi connectivity index (χ3v) is 6.08. The molecule has 16 heavy (non-hydrogen) atoms. The van der Waals surface area contributed by atoms with Crippen molar-refractivity contribution >= 4 is 10.0 Å². The second-order valence-corrected chi connectivity index (χ2v) is 7.27. The zero-order valence-electron chi connectivity index (χ0n) is 9.98. The standard InChI is InChI=1S/C11H22N2O2S/c1-10-9-12-7-8-13(16(10,14)15)11-5-3-2-4-6-11/h10-12H,2-9H2,1H3. The van der Waals surface area contributed by atoms with Gasteiger partial charge in [-0.15, -0.1) is 0 Å². The van der Waals surface area contributed by atoms with E-state index in [9.17, 15) is 8.42 Å². The lowest BCUT2D eigenvalue weighted by Gasteiger charge is -2.33. The molecule has 4 nitrogen and oxygen atoms in total. The fourth-order valence-corrected chi connectivity index (χ4v) is 4.48. The fraction of sp³-hybridized carbons (Fsp3) is 1.00. The number of rotatable bonds is 1. The van der Waals surface area contributed by atoms with Crippen LogP contribution in [0, 0.1) is 0 Å². The number of nitrogens with zero attached hydrogens (tertiary/aromatic N) is 1. The van der Waals surface area contributed by atoms with E-state index in [-0.39, 0.29) is 11.3 Å². The van der Waals surface area contributed by atoms with Crippen LogP contribution in [0.2, 0.25) is 0 Å². The maximum atomic E-state index is 12.3. The molecule has 0 aromatic carbocycles. The Hall–Kier alpha value is -0.130. The van der Waals surface area contributed by atoms with Crippen molar-refractivity contribution in [3.05, 3.63) is 0 Å². The van der Waals surface area contributed by atoms with Gasteiger partial charge in [0.05, 0.1) is 5.25 Å². The first-order valence-corrected chi connectivity index (χ1v) is 7.84. The smallest absolute Gasteiger partial charge is 0.218 e. The van der Waals surface area contributed by atoms with E-state index >= 15 is 0 Å². The van der Waals surface area contributed by atoms with E-state index in [4.69, 9.17) is 0 Å². The van der Waals surface area contributed by atoms with Crippen LogP contribution in [0.25, 0.3) is 0 Å². The molecular formula is C11H22N2O2S. The summed E-state index contributed by atoms with van der Waals surface area (Å²) < 4.78 is 26.4. The summed E-state index contributed by atoms with van der Waals surface area (Å²) in [5.74, 6) is 0. The first-order chi connectivity index (χ1) is 7.62. The Morgan fingerprint density at radius 3 is 2.56 bits per heavy atom. The van der Waals surface area contributed by atoms with Crippen molar-refractivity contribution in [1.82, 2.24) is 9.62 Å². The highest BCUT2D eigenvalue weighted by Gasteiger charge is 2.35. The van der Waals surface area contributed by atoms with Crippen molar-refractivity contribution in [2.45, 2.75) is 50.3 Å². The van der Waals surface area contributed by atoms with Crippen molar-refractivity contribution in [3.8, 4) is 0 Å². The van der Waals surface area contributed by atoms with E-state index in [1.165, 1.54) is 19.3 Å². The van der Waals surface area contributed by atoms with Gasteiger partial charge in [-0.05, 0) is 19.8 Å². The predicted octanol–water partition coefficient (Wildman–Crippen LogP) is 0.943. The first kappa shape index (κ1) is 12.3. The van der Waals surface area contributed by atoms with Crippen molar-refractivity contribution in [3.63, 3.8) is 0 Å². The lowest BCUT2D eigenvalue weighted by atomic mass is 9.95. The SMILES string of the molecule is CC1CNCCN(C2CCCCC2)S1(=O)=O. The molecule has 0 aromatic rings. The van der Waals surface area contributed by atoms with Crippen molar-refractivity contribution in [2.75, 3.05) is 19.6 Å². The van der Waals surface area contributed by atoms with Crippen LogP contribution in [-0.4, -0.2) is 43.6 Å². The van der Waals surface area contributed by atoms with Crippen LogP contribution < -0.4 is 5.32 Å². The van der Waals surface area contributed by atoms with Crippen molar-refractivity contribution < 1.29 is 8.42 Å². The molecule has 1 heterocycles. The molecule has 1 atom stereocenters. The summed E-state index contributed by atoms with van der Waals surface area (Å²) in [4.78, 5) is 0. The van der Waals surface area contributed by atoms with E-state index in [0.717, 1.165) is 19.4 Å². The molecule has 5 heteroatoms. The molecular weight excluding hydrogens is 224 g/mol. The summed E-state index contributed by atoms with van der Waals surface area (Å²) in [6, 6.07) is 0.265. The average Bonchev–Trinajstić information content (AvgIpc) is 2.41. The molecule has 2 fully saturated rings. The molecule has 0 spiro atoms. The Balaban J connectivity index is 2.16. The van der Waals surface area contributed by atoms with Crippen LogP contribution in [0.3, 0.4) is 0 Å². The van der Waals surface area contributed by atoms with Crippen molar-refractivity contribution in [2.24, 2.45) is 0 Å². The summed E-state index contributed by atoms with van der Waals surface area (Å²) in [6.45, 7) is 3.84. The first-order valence-electron chi connectivity index (χ1n) is 6.34. The summed E-state index contributed by atoms with van der Waals surface area (Å²) in [6.07, 6.45) is 5.72. The van der Waals surface area contributed by atoms with Gasteiger partial charge in [0, 0.05) is 25.7 Å². The van der Waals surface area contributed by atoms with Gasteiger partial charge in [0.25, 0.3) is 0 Å². The highest BCUT2D eigenvalue weighted by Crippen LogP contribution is 2.26. The Morgan fingerprint density at radius 1 is 1.19 bits per heavy atom. The lowest BCUT2D eigenvalue weighted by molar-refractivity contribution is 0.257. The molecule has 2 aliphatic rings. The molecule has 2 rings (SSSR count). The molecule has 1 aliphatic heterocycles. The molecule has 1 saturated carbocycles. The summed E-state index contributed by atoms with van der Waals surface area (Å²) in [5.41, 5.74) is 0. The Morgan fingerprint density at radius 2 is 1.88 bits per heavy atom. The second-order valence-electron chi connectivity index (χ2n) is 4.96. The van der Waals surface area contributed by atoms with Gasteiger partial charge in [0.1, 0.15) is 0 Å². The summed E-state index contributed by atoms with van der Waals surface area (Å²) >= 11 is 0. The lowest BCUT2D eigenvalue weighted by Crippen LogP contribution is -2.45. The molecule has 0 aromatic heterocycles. The molecule has 0 bridgehead atoms. The van der Waals surface area contributed by atoms with Crippen LogP contribution in [0.5, 0.6) is 0 Å². The van der Waals surface area contributed by atoms with Crippen LogP contribution in [-0.2, 0) is 10.0 Å². The van der Waals surface area contributed by atoms with Gasteiger partial charge in [-0.2, -0.15) is 4.31 Å². The van der Waals surface area contributed by atoms with Crippen molar-refractivity contribution in [1.29, 1.82) is 0 Å². The van der Waals surface area contributed by atoms with Gasteiger partial charge in [-0.3, -0.25) is 0 Å². The monoisotopic (exact) mass is 246 g/mol. The van der Waals surface area contributed by atoms with Gasteiger partial charge in [0.2, 0.25) is 10.0 Å². The fourth-order valence-electron chi connectivity index (χ4n) is 2.72. The van der Waals surface area contributed by atoms with E-state index in [2.05, 4.69) is 5.32 Å². The summed E-state index contributed by atoms with van der Waals surface area (Å²) in [5, 5.41) is 2.92. The van der Waals surface area contributed by atoms with Crippen LogP contribution >= 0.6 is 0 Å². The minimum Gasteiger partial charge on any atom is -0.314 e. The van der Waals surface area contributed by atoms with E-state index < -0.39 is 10.0 Å². The molecule has 0 amide bonds. The number of sulfonamides is 1. The number of hydrogen-bond donors (Lipinski definition) is 1. The Bertz CT molecular complexity index is 323. The van der Waals surface area contributed by atoms with Crippen LogP contribution in [0.4, 0.5) is 0 Å². The van der Waals surface area contributed by atoms with E-state index in [1.807, 2.05) is 6.92 Å². The van der Waals surface area contributed by atoms with Gasteiger partial charge in [-0.1, -0.05) is 19.3 Å². The van der Waals surface area contributed by atoms with Gasteiger partial charge < -0.3 is 5.32 Å². The van der Waals surface area contributed by atoms with Crippen LogP contribution in [0.15, 0.2) is 0 Å². The maximum Gasteiger partial charge on any atom is 0.218 e. The zero-order valence-corrected chi connectivity index (χ0v) is 10.8. The maximum absolute atomic E-state index is 12.3. The van der Waals surface area contributed by atoms with E-state index in [0.29, 0.717) is 13.1 Å². The zero-order chi connectivity index (χ0) is 11.6. The third-order valence-electron chi connectivity index (χ3n) is 3.76. The minimum absolute atomic E-state index is 0.265. The molecule has 1 aliphatic carbocycles.